The number of nitrogens with one attached hydrogen (secondary N) is 1. The Bertz CT molecular complexity index is 529. The molecule has 0 aromatic carbocycles. The van der Waals surface area contributed by atoms with Gasteiger partial charge < -0.3 is 5.32 Å². The van der Waals surface area contributed by atoms with Gasteiger partial charge in [-0.05, 0) is 45.6 Å². The standard InChI is InChI=1S/C15H21ClN4/c1-9-13(16)18-15(10-4-5-10)19-14(9)17-11-6-8-20-7-2-3-12(11)20/h10-12H,2-8H2,1H3,(H,17,18,19). The van der Waals surface area contributed by atoms with Gasteiger partial charge in [0.25, 0.3) is 0 Å². The number of hydrogen-bond donors (Lipinski definition) is 1. The van der Waals surface area contributed by atoms with E-state index < -0.39 is 0 Å². The summed E-state index contributed by atoms with van der Waals surface area (Å²) >= 11 is 6.29. The summed E-state index contributed by atoms with van der Waals surface area (Å²) in [7, 11) is 0. The predicted octanol–water partition coefficient (Wildman–Crippen LogP) is 2.96. The van der Waals surface area contributed by atoms with Crippen molar-refractivity contribution in [3.8, 4) is 0 Å². The van der Waals surface area contributed by atoms with Crippen LogP contribution in [0.5, 0.6) is 0 Å². The molecule has 4 rings (SSSR count). The van der Waals surface area contributed by atoms with Crippen LogP contribution in [0, 0.1) is 6.92 Å². The molecule has 2 aliphatic heterocycles. The van der Waals surface area contributed by atoms with Crippen LogP contribution in [0.2, 0.25) is 5.15 Å². The second kappa shape index (κ2) is 4.85. The summed E-state index contributed by atoms with van der Waals surface area (Å²) < 4.78 is 0. The lowest BCUT2D eigenvalue weighted by molar-refractivity contribution is 0.318. The maximum atomic E-state index is 6.29. The second-order valence-electron chi connectivity index (χ2n) is 6.41. The van der Waals surface area contributed by atoms with Crippen molar-refractivity contribution in [2.75, 3.05) is 18.4 Å². The number of nitrogens with zero attached hydrogens (tertiary/aromatic N) is 3. The predicted molar refractivity (Wildman–Crippen MR) is 80.4 cm³/mol. The minimum Gasteiger partial charge on any atom is -0.365 e. The Labute approximate surface area is 124 Å². The van der Waals surface area contributed by atoms with Crippen molar-refractivity contribution in [1.82, 2.24) is 14.9 Å². The topological polar surface area (TPSA) is 41.1 Å². The third kappa shape index (κ3) is 2.19. The van der Waals surface area contributed by atoms with Gasteiger partial charge in [0, 0.05) is 30.1 Å². The fourth-order valence-electron chi connectivity index (χ4n) is 3.60. The van der Waals surface area contributed by atoms with Gasteiger partial charge >= 0.3 is 0 Å². The summed E-state index contributed by atoms with van der Waals surface area (Å²) in [5.41, 5.74) is 0.993. The molecule has 0 radical (unpaired) electrons. The molecule has 0 bridgehead atoms. The molecule has 0 amide bonds. The molecule has 1 aromatic heterocycles. The Morgan fingerprint density at radius 3 is 2.80 bits per heavy atom. The zero-order valence-electron chi connectivity index (χ0n) is 11.9. The van der Waals surface area contributed by atoms with Gasteiger partial charge in [-0.2, -0.15) is 0 Å². The van der Waals surface area contributed by atoms with Gasteiger partial charge in [0.2, 0.25) is 0 Å². The van der Waals surface area contributed by atoms with E-state index in [0.29, 0.717) is 23.2 Å². The molecule has 1 saturated carbocycles. The van der Waals surface area contributed by atoms with Crippen molar-refractivity contribution in [3.63, 3.8) is 0 Å². The average molecular weight is 293 g/mol. The van der Waals surface area contributed by atoms with Gasteiger partial charge in [0.05, 0.1) is 0 Å². The summed E-state index contributed by atoms with van der Waals surface area (Å²) in [6.07, 6.45) is 6.27. The van der Waals surface area contributed by atoms with Crippen LogP contribution in [0.3, 0.4) is 0 Å². The van der Waals surface area contributed by atoms with E-state index in [2.05, 4.69) is 15.2 Å². The van der Waals surface area contributed by atoms with Crippen LogP contribution in [0.4, 0.5) is 5.82 Å². The zero-order valence-corrected chi connectivity index (χ0v) is 12.7. The number of halogens is 1. The van der Waals surface area contributed by atoms with Crippen LogP contribution in [-0.4, -0.2) is 40.0 Å². The van der Waals surface area contributed by atoms with Crippen molar-refractivity contribution in [2.24, 2.45) is 0 Å². The van der Waals surface area contributed by atoms with Crippen molar-refractivity contribution in [1.29, 1.82) is 0 Å². The molecule has 3 fully saturated rings. The summed E-state index contributed by atoms with van der Waals surface area (Å²) in [5, 5.41) is 4.28. The van der Waals surface area contributed by atoms with Gasteiger partial charge in [-0.25, -0.2) is 9.97 Å². The number of anilines is 1. The summed E-state index contributed by atoms with van der Waals surface area (Å²) in [5.74, 6) is 2.44. The minimum absolute atomic E-state index is 0.522. The fourth-order valence-corrected chi connectivity index (χ4v) is 3.77. The molecule has 20 heavy (non-hydrogen) atoms. The smallest absolute Gasteiger partial charge is 0.137 e. The first kappa shape index (κ1) is 12.8. The lowest BCUT2D eigenvalue weighted by atomic mass is 10.1. The normalized spacial score (nSPS) is 29.7. The number of aromatic nitrogens is 2. The van der Waals surface area contributed by atoms with E-state index in [1.54, 1.807) is 0 Å². The van der Waals surface area contributed by atoms with Gasteiger partial charge in [-0.1, -0.05) is 11.6 Å². The van der Waals surface area contributed by atoms with Crippen LogP contribution < -0.4 is 5.32 Å². The Morgan fingerprint density at radius 2 is 2.00 bits per heavy atom. The summed E-state index contributed by atoms with van der Waals surface area (Å²) in [4.78, 5) is 11.8. The third-order valence-corrected chi connectivity index (χ3v) is 5.34. The summed E-state index contributed by atoms with van der Waals surface area (Å²) in [6.45, 7) is 4.50. The van der Waals surface area contributed by atoms with Crippen molar-refractivity contribution >= 4 is 17.4 Å². The van der Waals surface area contributed by atoms with E-state index in [-0.39, 0.29) is 0 Å². The lowest BCUT2D eigenvalue weighted by Crippen LogP contribution is -2.34. The van der Waals surface area contributed by atoms with Crippen molar-refractivity contribution in [3.05, 3.63) is 16.5 Å². The molecule has 2 atom stereocenters. The Morgan fingerprint density at radius 1 is 1.15 bits per heavy atom. The van der Waals surface area contributed by atoms with Crippen LogP contribution in [0.25, 0.3) is 0 Å². The van der Waals surface area contributed by atoms with E-state index in [0.717, 1.165) is 17.2 Å². The van der Waals surface area contributed by atoms with E-state index in [9.17, 15) is 0 Å². The van der Waals surface area contributed by atoms with Gasteiger partial charge in [0.1, 0.15) is 16.8 Å². The molecule has 2 unspecified atom stereocenters. The molecule has 2 saturated heterocycles. The highest BCUT2D eigenvalue weighted by molar-refractivity contribution is 6.30. The highest BCUT2D eigenvalue weighted by Gasteiger charge is 2.37. The van der Waals surface area contributed by atoms with E-state index in [1.165, 1.54) is 45.2 Å². The van der Waals surface area contributed by atoms with Crippen molar-refractivity contribution in [2.45, 2.75) is 57.0 Å². The second-order valence-corrected chi connectivity index (χ2v) is 6.76. The monoisotopic (exact) mass is 292 g/mol. The number of rotatable bonds is 3. The molecule has 1 N–H and O–H groups in total. The first-order valence-electron chi connectivity index (χ1n) is 7.77. The van der Waals surface area contributed by atoms with E-state index in [4.69, 9.17) is 16.6 Å². The fraction of sp³-hybridized carbons (Fsp3) is 0.733. The van der Waals surface area contributed by atoms with Gasteiger partial charge in [-0.15, -0.1) is 0 Å². The molecule has 1 aliphatic carbocycles. The number of hydrogen-bond acceptors (Lipinski definition) is 4. The SMILES string of the molecule is Cc1c(Cl)nc(C2CC2)nc1NC1CCN2CCCC12. The Balaban J connectivity index is 1.58. The Hall–Kier alpha value is -0.870. The zero-order chi connectivity index (χ0) is 13.7. The van der Waals surface area contributed by atoms with E-state index in [1.807, 2.05) is 6.92 Å². The van der Waals surface area contributed by atoms with Crippen LogP contribution in [-0.2, 0) is 0 Å². The average Bonchev–Trinajstić information content (AvgIpc) is 3.06. The van der Waals surface area contributed by atoms with Crippen molar-refractivity contribution < 1.29 is 0 Å². The minimum atomic E-state index is 0.522. The first-order chi connectivity index (χ1) is 9.72. The van der Waals surface area contributed by atoms with Crippen LogP contribution >= 0.6 is 11.6 Å². The number of fused-ring (bicyclic) bond motifs is 1. The third-order valence-electron chi connectivity index (χ3n) is 4.97. The summed E-state index contributed by atoms with van der Waals surface area (Å²) in [6, 6.07) is 1.21. The van der Waals surface area contributed by atoms with Crippen LogP contribution in [0.1, 0.15) is 49.4 Å². The lowest BCUT2D eigenvalue weighted by Gasteiger charge is -2.23. The molecule has 3 aliphatic rings. The maximum Gasteiger partial charge on any atom is 0.137 e. The molecule has 3 heterocycles. The van der Waals surface area contributed by atoms with Gasteiger partial charge in [0.15, 0.2) is 0 Å². The van der Waals surface area contributed by atoms with Crippen LogP contribution in [0.15, 0.2) is 0 Å². The molecule has 1 aromatic rings. The quantitative estimate of drug-likeness (QED) is 0.870. The molecular formula is C15H21ClN4. The molecule has 108 valence electrons. The molecule has 0 spiro atoms. The highest BCUT2D eigenvalue weighted by Crippen LogP contribution is 2.40. The maximum absolute atomic E-state index is 6.29. The van der Waals surface area contributed by atoms with E-state index >= 15 is 0 Å². The largest absolute Gasteiger partial charge is 0.365 e. The molecule has 5 heteroatoms. The van der Waals surface area contributed by atoms with Gasteiger partial charge in [-0.3, -0.25) is 4.90 Å². The molecule has 4 nitrogen and oxygen atoms in total. The molecular weight excluding hydrogens is 272 g/mol. The first-order valence-corrected chi connectivity index (χ1v) is 8.15. The Kier molecular flexibility index (Phi) is 3.11. The highest BCUT2D eigenvalue weighted by atomic mass is 35.5.